The molecule has 5 atom stereocenters. The molecule has 2 aliphatic heterocycles. The highest BCUT2D eigenvalue weighted by atomic mass is 16.6. The van der Waals surface area contributed by atoms with Gasteiger partial charge in [0.25, 0.3) is 0 Å². The van der Waals surface area contributed by atoms with Gasteiger partial charge in [0.2, 0.25) is 5.75 Å². The highest BCUT2D eigenvalue weighted by molar-refractivity contribution is 5.69. The number of carbonyl (C=O) groups is 2. The van der Waals surface area contributed by atoms with Gasteiger partial charge in [0, 0.05) is 60.2 Å². The van der Waals surface area contributed by atoms with Crippen LogP contribution in [-0.4, -0.2) is 81.0 Å². The van der Waals surface area contributed by atoms with Crippen LogP contribution in [0.5, 0.6) is 57.5 Å². The van der Waals surface area contributed by atoms with Crippen molar-refractivity contribution in [1.82, 2.24) is 0 Å². The second-order valence-electron chi connectivity index (χ2n) is 13.0. The molecule has 0 amide bonds. The zero-order valence-electron chi connectivity index (χ0n) is 33.0. The second kappa shape index (κ2) is 16.7. The van der Waals surface area contributed by atoms with Crippen LogP contribution >= 0.6 is 0 Å². The van der Waals surface area contributed by atoms with E-state index in [-0.39, 0.29) is 6.42 Å². The van der Waals surface area contributed by atoms with E-state index < -0.39 is 42.3 Å². The number of carbonyl (C=O) groups excluding carboxylic acids is 2. The van der Waals surface area contributed by atoms with Crippen molar-refractivity contribution in [3.05, 3.63) is 82.4 Å². The summed E-state index contributed by atoms with van der Waals surface area (Å²) in [6.07, 6.45) is -3.26. The number of esters is 2. The van der Waals surface area contributed by atoms with E-state index in [1.165, 1.54) is 49.4 Å². The maximum absolute atomic E-state index is 13.1. The molecule has 0 spiro atoms. The molecule has 298 valence electrons. The molecule has 0 bridgehead atoms. The van der Waals surface area contributed by atoms with Crippen molar-refractivity contribution in [2.75, 3.05) is 56.9 Å². The largest absolute Gasteiger partial charge is 0.497 e. The standard InChI is InChI=1S/C42H46O14/c1-21(43)53-35-19-27-30(55-38(35)23-11-14-28(46-4)31(15-23)47-5)20-32(48-6)37(40(27)51-9)36-26-13-12-25(45-3)18-29(26)56-39(42(36)54-22(2)44)24-16-33(49-7)41(52-10)34(17-24)50-8/h11-18,20,35-36,38-39,42H,19H2,1-10H3. The van der Waals surface area contributed by atoms with Gasteiger partial charge in [0.15, 0.2) is 41.3 Å². The van der Waals surface area contributed by atoms with E-state index in [1.807, 2.05) is 12.1 Å². The fraction of sp³-hybridized carbons (Fsp3) is 0.381. The first-order valence-electron chi connectivity index (χ1n) is 17.7. The molecule has 0 radical (unpaired) electrons. The van der Waals surface area contributed by atoms with Crippen molar-refractivity contribution in [3.8, 4) is 57.5 Å². The first-order valence-corrected chi connectivity index (χ1v) is 17.7. The van der Waals surface area contributed by atoms with Gasteiger partial charge in [-0.25, -0.2) is 0 Å². The number of benzene rings is 4. The minimum Gasteiger partial charge on any atom is -0.497 e. The number of hydrogen-bond acceptors (Lipinski definition) is 14. The molecular formula is C42H46O14. The molecule has 6 rings (SSSR count). The SMILES string of the molecule is COc1ccc2c(c1)OC(c1cc(OC)c(OC)c(OC)c1)C(OC(C)=O)C2c1c(OC)cc2c(c1OC)CC(OC(C)=O)C(c1ccc(OC)c(OC)c1)O2. The van der Waals surface area contributed by atoms with Gasteiger partial charge in [-0.3, -0.25) is 9.59 Å². The van der Waals surface area contributed by atoms with E-state index in [0.717, 1.165) is 0 Å². The fourth-order valence-electron chi connectivity index (χ4n) is 7.54. The maximum atomic E-state index is 13.1. The lowest BCUT2D eigenvalue weighted by atomic mass is 9.77. The van der Waals surface area contributed by atoms with Crippen LogP contribution in [0.1, 0.15) is 59.8 Å². The monoisotopic (exact) mass is 774 g/mol. The lowest BCUT2D eigenvalue weighted by Gasteiger charge is -2.41. The van der Waals surface area contributed by atoms with Crippen molar-refractivity contribution < 1.29 is 66.4 Å². The van der Waals surface area contributed by atoms with Crippen LogP contribution in [0.2, 0.25) is 0 Å². The predicted octanol–water partition coefficient (Wildman–Crippen LogP) is 6.56. The first kappa shape index (κ1) is 39.5. The van der Waals surface area contributed by atoms with Gasteiger partial charge in [0.05, 0.1) is 62.8 Å². The number of methoxy groups -OCH3 is 8. The van der Waals surface area contributed by atoms with Crippen molar-refractivity contribution in [3.63, 3.8) is 0 Å². The van der Waals surface area contributed by atoms with Crippen LogP contribution in [0.4, 0.5) is 0 Å². The molecule has 14 nitrogen and oxygen atoms in total. The summed E-state index contributed by atoms with van der Waals surface area (Å²) >= 11 is 0. The summed E-state index contributed by atoms with van der Waals surface area (Å²) in [5.41, 5.74) is 3.07. The van der Waals surface area contributed by atoms with Crippen LogP contribution in [0, 0.1) is 0 Å². The normalized spacial score (nSPS) is 19.4. The van der Waals surface area contributed by atoms with Gasteiger partial charge >= 0.3 is 11.9 Å². The summed E-state index contributed by atoms with van der Waals surface area (Å²) in [7, 11) is 12.3. The minimum atomic E-state index is -1.01. The molecule has 2 aliphatic rings. The van der Waals surface area contributed by atoms with E-state index in [4.69, 9.17) is 56.8 Å². The summed E-state index contributed by atoms with van der Waals surface area (Å²) in [6, 6.07) is 16.1. The quantitative estimate of drug-likeness (QED) is 0.135. The molecule has 0 saturated carbocycles. The molecule has 0 fully saturated rings. The van der Waals surface area contributed by atoms with E-state index in [2.05, 4.69) is 0 Å². The zero-order valence-corrected chi connectivity index (χ0v) is 33.0. The molecule has 56 heavy (non-hydrogen) atoms. The molecule has 5 unspecified atom stereocenters. The third-order valence-electron chi connectivity index (χ3n) is 9.88. The van der Waals surface area contributed by atoms with Crippen LogP contribution in [-0.2, 0) is 25.5 Å². The van der Waals surface area contributed by atoms with Crippen LogP contribution in [0.15, 0.2) is 54.6 Å². The Morgan fingerprint density at radius 3 is 1.73 bits per heavy atom. The summed E-state index contributed by atoms with van der Waals surface area (Å²) < 4.78 is 71.5. The third-order valence-corrected chi connectivity index (χ3v) is 9.88. The Hall–Kier alpha value is -6.18. The second-order valence-corrected chi connectivity index (χ2v) is 13.0. The molecular weight excluding hydrogens is 728 g/mol. The molecule has 0 aromatic heterocycles. The Bertz CT molecular complexity index is 2070. The van der Waals surface area contributed by atoms with Gasteiger partial charge in [-0.1, -0.05) is 12.1 Å². The topological polar surface area (TPSA) is 145 Å². The van der Waals surface area contributed by atoms with E-state index in [0.29, 0.717) is 85.3 Å². The van der Waals surface area contributed by atoms with Crippen molar-refractivity contribution in [2.24, 2.45) is 0 Å². The van der Waals surface area contributed by atoms with E-state index in [9.17, 15) is 9.59 Å². The van der Waals surface area contributed by atoms with Gasteiger partial charge in [0.1, 0.15) is 34.9 Å². The Morgan fingerprint density at radius 2 is 1.16 bits per heavy atom. The molecule has 4 aromatic rings. The van der Waals surface area contributed by atoms with Gasteiger partial charge in [-0.15, -0.1) is 0 Å². The summed E-state index contributed by atoms with van der Waals surface area (Å²) in [4.78, 5) is 25.6. The molecule has 14 heteroatoms. The first-order chi connectivity index (χ1) is 27.0. The van der Waals surface area contributed by atoms with Crippen molar-refractivity contribution >= 4 is 11.9 Å². The predicted molar refractivity (Wildman–Crippen MR) is 202 cm³/mol. The van der Waals surface area contributed by atoms with Gasteiger partial charge in [-0.2, -0.15) is 0 Å². The molecule has 4 aromatic carbocycles. The maximum Gasteiger partial charge on any atom is 0.303 e. The lowest BCUT2D eigenvalue weighted by Crippen LogP contribution is -2.39. The highest BCUT2D eigenvalue weighted by Crippen LogP contribution is 2.56. The average molecular weight is 775 g/mol. The van der Waals surface area contributed by atoms with E-state index >= 15 is 0 Å². The van der Waals surface area contributed by atoms with Crippen LogP contribution < -0.4 is 47.4 Å². The number of fused-ring (bicyclic) bond motifs is 2. The van der Waals surface area contributed by atoms with Gasteiger partial charge < -0.3 is 56.8 Å². The fourth-order valence-corrected chi connectivity index (χ4v) is 7.54. The van der Waals surface area contributed by atoms with Crippen molar-refractivity contribution in [2.45, 2.75) is 50.6 Å². The Kier molecular flexibility index (Phi) is 11.8. The Morgan fingerprint density at radius 1 is 0.554 bits per heavy atom. The number of hydrogen-bond donors (Lipinski definition) is 0. The molecule has 0 N–H and O–H groups in total. The zero-order chi connectivity index (χ0) is 40.3. The summed E-state index contributed by atoms with van der Waals surface area (Å²) in [5.74, 6) is 2.56. The Labute approximate surface area is 325 Å². The molecule has 0 saturated heterocycles. The third kappa shape index (κ3) is 7.30. The number of ether oxygens (including phenoxy) is 12. The molecule has 2 heterocycles. The van der Waals surface area contributed by atoms with Crippen LogP contribution in [0.25, 0.3) is 0 Å². The number of rotatable bonds is 13. The van der Waals surface area contributed by atoms with Crippen LogP contribution in [0.3, 0.4) is 0 Å². The highest BCUT2D eigenvalue weighted by Gasteiger charge is 2.47. The average Bonchev–Trinajstić information content (AvgIpc) is 3.21. The van der Waals surface area contributed by atoms with E-state index in [1.54, 1.807) is 63.8 Å². The smallest absolute Gasteiger partial charge is 0.303 e. The Balaban J connectivity index is 1.59. The molecule has 0 aliphatic carbocycles. The lowest BCUT2D eigenvalue weighted by molar-refractivity contribution is -0.154. The minimum absolute atomic E-state index is 0.196. The summed E-state index contributed by atoms with van der Waals surface area (Å²) in [5, 5.41) is 0. The van der Waals surface area contributed by atoms with Crippen molar-refractivity contribution in [1.29, 1.82) is 0 Å². The van der Waals surface area contributed by atoms with Gasteiger partial charge in [-0.05, 0) is 30.3 Å². The summed E-state index contributed by atoms with van der Waals surface area (Å²) in [6.45, 7) is 2.68.